The molecule has 0 aliphatic carbocycles. The Bertz CT molecular complexity index is 442. The topological polar surface area (TPSA) is 48.0 Å². The Morgan fingerprint density at radius 2 is 2.16 bits per heavy atom. The molecule has 2 aliphatic heterocycles. The Morgan fingerprint density at radius 3 is 2.89 bits per heavy atom. The van der Waals surface area contributed by atoms with E-state index in [2.05, 4.69) is 0 Å². The standard InChI is InChI=1S/C14H17NO4/c16-13(17-10-12-4-2-1-3-5-12)15-8-6-14(11-15)7-9-18-19-14/h1-5H,6-11H2. The summed E-state index contributed by atoms with van der Waals surface area (Å²) in [7, 11) is 0. The molecular weight excluding hydrogens is 246 g/mol. The first-order chi connectivity index (χ1) is 9.27. The molecule has 19 heavy (non-hydrogen) atoms. The lowest BCUT2D eigenvalue weighted by Crippen LogP contribution is -2.35. The van der Waals surface area contributed by atoms with E-state index in [-0.39, 0.29) is 11.7 Å². The molecule has 1 unspecified atom stereocenters. The van der Waals surface area contributed by atoms with E-state index in [9.17, 15) is 4.79 Å². The minimum atomic E-state index is -0.300. The van der Waals surface area contributed by atoms with Gasteiger partial charge in [-0.3, -0.25) is 0 Å². The second-order valence-electron chi connectivity index (χ2n) is 5.05. The van der Waals surface area contributed by atoms with Gasteiger partial charge in [0.25, 0.3) is 0 Å². The molecule has 1 spiro atoms. The number of amides is 1. The van der Waals surface area contributed by atoms with E-state index in [0.717, 1.165) is 18.4 Å². The van der Waals surface area contributed by atoms with Crippen molar-refractivity contribution < 1.29 is 19.3 Å². The van der Waals surface area contributed by atoms with Crippen LogP contribution in [0.25, 0.3) is 0 Å². The van der Waals surface area contributed by atoms with Crippen LogP contribution in [0.5, 0.6) is 0 Å². The lowest BCUT2D eigenvalue weighted by molar-refractivity contribution is -0.304. The Kier molecular flexibility index (Phi) is 3.40. The molecule has 5 nitrogen and oxygen atoms in total. The Balaban J connectivity index is 1.51. The second kappa shape index (κ2) is 5.19. The maximum absolute atomic E-state index is 12.0. The maximum atomic E-state index is 12.0. The number of ether oxygens (including phenoxy) is 1. The number of benzene rings is 1. The van der Waals surface area contributed by atoms with Crippen LogP contribution >= 0.6 is 0 Å². The van der Waals surface area contributed by atoms with Gasteiger partial charge in [-0.25, -0.2) is 14.6 Å². The molecule has 1 atom stereocenters. The Labute approximate surface area is 112 Å². The van der Waals surface area contributed by atoms with Gasteiger partial charge in [-0.15, -0.1) is 0 Å². The molecule has 5 heteroatoms. The van der Waals surface area contributed by atoms with Crippen LogP contribution in [-0.2, 0) is 21.1 Å². The van der Waals surface area contributed by atoms with Crippen molar-refractivity contribution in [2.45, 2.75) is 25.0 Å². The van der Waals surface area contributed by atoms with Crippen molar-refractivity contribution in [1.82, 2.24) is 4.90 Å². The van der Waals surface area contributed by atoms with E-state index >= 15 is 0 Å². The van der Waals surface area contributed by atoms with Crippen LogP contribution in [0.4, 0.5) is 4.79 Å². The molecule has 0 radical (unpaired) electrons. The van der Waals surface area contributed by atoms with Crippen molar-refractivity contribution in [1.29, 1.82) is 0 Å². The molecule has 0 saturated carbocycles. The lowest BCUT2D eigenvalue weighted by Gasteiger charge is -2.20. The second-order valence-corrected chi connectivity index (χ2v) is 5.05. The fourth-order valence-electron chi connectivity index (χ4n) is 2.52. The molecular formula is C14H17NO4. The van der Waals surface area contributed by atoms with Crippen LogP contribution in [0.2, 0.25) is 0 Å². The lowest BCUT2D eigenvalue weighted by atomic mass is 10.0. The van der Waals surface area contributed by atoms with Crippen molar-refractivity contribution in [2.75, 3.05) is 19.7 Å². The minimum absolute atomic E-state index is 0.281. The number of rotatable bonds is 2. The van der Waals surface area contributed by atoms with Gasteiger partial charge in [0.2, 0.25) is 0 Å². The van der Waals surface area contributed by atoms with Gasteiger partial charge in [-0.2, -0.15) is 0 Å². The largest absolute Gasteiger partial charge is 0.445 e. The minimum Gasteiger partial charge on any atom is -0.445 e. The SMILES string of the molecule is O=C(OCc1ccccc1)N1CCC2(CCOO2)C1. The summed E-state index contributed by atoms with van der Waals surface area (Å²) in [6.07, 6.45) is 1.37. The van der Waals surface area contributed by atoms with Gasteiger partial charge in [0.1, 0.15) is 12.2 Å². The highest BCUT2D eigenvalue weighted by molar-refractivity contribution is 5.68. The normalized spacial score (nSPS) is 26.0. The van der Waals surface area contributed by atoms with E-state index < -0.39 is 0 Å². The first-order valence-electron chi connectivity index (χ1n) is 6.54. The molecule has 2 aliphatic rings. The molecule has 2 heterocycles. The molecule has 1 aromatic rings. The molecule has 1 aromatic carbocycles. The quantitative estimate of drug-likeness (QED) is 0.767. The van der Waals surface area contributed by atoms with Gasteiger partial charge in [0, 0.05) is 13.0 Å². The zero-order valence-corrected chi connectivity index (χ0v) is 10.7. The van der Waals surface area contributed by atoms with Gasteiger partial charge in [-0.05, 0) is 12.0 Å². The molecule has 0 N–H and O–H groups in total. The smallest absolute Gasteiger partial charge is 0.410 e. The summed E-state index contributed by atoms with van der Waals surface area (Å²) in [6, 6.07) is 9.67. The van der Waals surface area contributed by atoms with E-state index in [1.54, 1.807) is 4.90 Å². The number of carbonyl (C=O) groups excluding carboxylic acids is 1. The fourth-order valence-corrected chi connectivity index (χ4v) is 2.52. The monoisotopic (exact) mass is 263 g/mol. The summed E-state index contributed by atoms with van der Waals surface area (Å²) in [5, 5.41) is 0. The summed E-state index contributed by atoms with van der Waals surface area (Å²) in [5.74, 6) is 0. The summed E-state index contributed by atoms with van der Waals surface area (Å²) in [5.41, 5.74) is 0.691. The van der Waals surface area contributed by atoms with Gasteiger partial charge in [0.15, 0.2) is 0 Å². The highest BCUT2D eigenvalue weighted by atomic mass is 17.2. The van der Waals surface area contributed by atoms with Crippen LogP contribution in [-0.4, -0.2) is 36.3 Å². The van der Waals surface area contributed by atoms with Crippen molar-refractivity contribution in [3.8, 4) is 0 Å². The average Bonchev–Trinajstić information content (AvgIpc) is 3.08. The number of carbonyl (C=O) groups is 1. The molecule has 2 fully saturated rings. The van der Waals surface area contributed by atoms with Gasteiger partial charge >= 0.3 is 6.09 Å². The summed E-state index contributed by atoms with van der Waals surface area (Å²) in [4.78, 5) is 23.9. The van der Waals surface area contributed by atoms with Gasteiger partial charge in [0.05, 0.1) is 13.2 Å². The van der Waals surface area contributed by atoms with Crippen molar-refractivity contribution >= 4 is 6.09 Å². The van der Waals surface area contributed by atoms with Crippen molar-refractivity contribution in [3.63, 3.8) is 0 Å². The molecule has 2 saturated heterocycles. The first kappa shape index (κ1) is 12.4. The van der Waals surface area contributed by atoms with Crippen LogP contribution in [0, 0.1) is 0 Å². The highest BCUT2D eigenvalue weighted by Crippen LogP contribution is 2.33. The number of hydrogen-bond acceptors (Lipinski definition) is 4. The van der Waals surface area contributed by atoms with Crippen molar-refractivity contribution in [3.05, 3.63) is 35.9 Å². The molecule has 102 valence electrons. The molecule has 1 amide bonds. The first-order valence-corrected chi connectivity index (χ1v) is 6.54. The van der Waals surface area contributed by atoms with E-state index in [0.29, 0.717) is 26.3 Å². The summed E-state index contributed by atoms with van der Waals surface area (Å²) < 4.78 is 5.31. The summed E-state index contributed by atoms with van der Waals surface area (Å²) >= 11 is 0. The number of nitrogens with zero attached hydrogens (tertiary/aromatic N) is 1. The third-order valence-corrected chi connectivity index (χ3v) is 3.66. The molecule has 0 bridgehead atoms. The van der Waals surface area contributed by atoms with Crippen LogP contribution in [0.3, 0.4) is 0 Å². The van der Waals surface area contributed by atoms with Gasteiger partial charge in [-0.1, -0.05) is 30.3 Å². The molecule has 3 rings (SSSR count). The molecule has 0 aromatic heterocycles. The Hall–Kier alpha value is -1.59. The Morgan fingerprint density at radius 1 is 1.32 bits per heavy atom. The van der Waals surface area contributed by atoms with Crippen molar-refractivity contribution in [2.24, 2.45) is 0 Å². The highest BCUT2D eigenvalue weighted by Gasteiger charge is 2.45. The van der Waals surface area contributed by atoms with E-state index in [1.807, 2.05) is 30.3 Å². The van der Waals surface area contributed by atoms with Crippen LogP contribution in [0.15, 0.2) is 30.3 Å². The number of likely N-dealkylation sites (tertiary alicyclic amines) is 1. The maximum Gasteiger partial charge on any atom is 0.410 e. The average molecular weight is 263 g/mol. The van der Waals surface area contributed by atoms with E-state index in [1.165, 1.54) is 0 Å². The van der Waals surface area contributed by atoms with E-state index in [4.69, 9.17) is 14.5 Å². The van der Waals surface area contributed by atoms with Crippen LogP contribution < -0.4 is 0 Å². The fraction of sp³-hybridized carbons (Fsp3) is 0.500. The predicted molar refractivity (Wildman–Crippen MR) is 67.2 cm³/mol. The van der Waals surface area contributed by atoms with Crippen LogP contribution in [0.1, 0.15) is 18.4 Å². The zero-order chi connectivity index (χ0) is 13.1. The predicted octanol–water partition coefficient (Wildman–Crippen LogP) is 2.12. The summed E-state index contributed by atoms with van der Waals surface area (Å²) in [6.45, 7) is 2.13. The third kappa shape index (κ3) is 2.72. The van der Waals surface area contributed by atoms with Gasteiger partial charge < -0.3 is 9.64 Å². The number of hydrogen-bond donors (Lipinski definition) is 0. The zero-order valence-electron chi connectivity index (χ0n) is 10.7. The third-order valence-electron chi connectivity index (χ3n) is 3.66.